The Kier molecular flexibility index (Phi) is 5.71. The van der Waals surface area contributed by atoms with Crippen LogP contribution in [-0.2, 0) is 5.41 Å². The normalized spacial score (nSPS) is 16.4. The molecule has 0 N–H and O–H groups in total. The van der Waals surface area contributed by atoms with Crippen LogP contribution in [0.5, 0.6) is 0 Å². The molecule has 0 bridgehead atoms. The van der Waals surface area contributed by atoms with Gasteiger partial charge in [-0.25, -0.2) is 0 Å². The number of para-hydroxylation sites is 3. The standard InChI is InChI=1S/C51H36N2/c1-51(2)44-19-8-5-14-36(44)37-27-24-32(28-45(37)51)31-22-25-33(26-23-31)52-46-20-9-7-16-39(46)43-30-49-42(29-48(43)52)35-13-4-3-12-34(35)40-17-11-18-41-38-15-6-10-21-47(38)53(49)50(40)41/h3-25,27-30,33H,26H2,1-2H3. The summed E-state index contributed by atoms with van der Waals surface area (Å²) in [6.07, 6.45) is 8.19. The molecule has 53 heavy (non-hydrogen) atoms. The molecule has 12 rings (SSSR count). The third-order valence-corrected chi connectivity index (χ3v) is 12.6. The van der Waals surface area contributed by atoms with E-state index in [9.17, 15) is 0 Å². The molecule has 0 saturated carbocycles. The van der Waals surface area contributed by atoms with Gasteiger partial charge in [-0.1, -0.05) is 147 Å². The Balaban J connectivity index is 1.03. The summed E-state index contributed by atoms with van der Waals surface area (Å²) >= 11 is 0. The molecule has 0 fully saturated rings. The summed E-state index contributed by atoms with van der Waals surface area (Å²) < 4.78 is 5.13. The van der Waals surface area contributed by atoms with Crippen molar-refractivity contribution in [1.82, 2.24) is 9.13 Å². The maximum Gasteiger partial charge on any atom is 0.0619 e. The zero-order valence-electron chi connectivity index (χ0n) is 29.8. The second-order valence-electron chi connectivity index (χ2n) is 15.6. The lowest BCUT2D eigenvalue weighted by molar-refractivity contribution is 0.649. The average molecular weight is 677 g/mol. The Morgan fingerprint density at radius 2 is 1.17 bits per heavy atom. The molecule has 2 nitrogen and oxygen atoms in total. The van der Waals surface area contributed by atoms with Crippen molar-refractivity contribution in [3.63, 3.8) is 0 Å². The molecule has 0 amide bonds. The molecule has 0 saturated heterocycles. The number of hydrogen-bond donors (Lipinski definition) is 0. The lowest BCUT2D eigenvalue weighted by Crippen LogP contribution is -2.15. The predicted octanol–water partition coefficient (Wildman–Crippen LogP) is 13.4. The van der Waals surface area contributed by atoms with Gasteiger partial charge in [0.2, 0.25) is 0 Å². The van der Waals surface area contributed by atoms with Crippen molar-refractivity contribution in [2.75, 3.05) is 0 Å². The number of aromatic nitrogens is 2. The van der Waals surface area contributed by atoms with Crippen LogP contribution >= 0.6 is 0 Å². The van der Waals surface area contributed by atoms with Gasteiger partial charge < -0.3 is 9.13 Å². The molecule has 3 heterocycles. The molecule has 0 radical (unpaired) electrons. The van der Waals surface area contributed by atoms with Crippen molar-refractivity contribution in [2.45, 2.75) is 31.7 Å². The molecule has 2 aliphatic carbocycles. The first kappa shape index (κ1) is 29.2. The summed E-state index contributed by atoms with van der Waals surface area (Å²) in [6, 6.07) is 54.9. The van der Waals surface area contributed by atoms with Crippen LogP contribution in [0.3, 0.4) is 0 Å². The minimum absolute atomic E-state index is 0.0108. The van der Waals surface area contributed by atoms with E-state index < -0.39 is 0 Å². The third-order valence-electron chi connectivity index (χ3n) is 12.6. The number of fused-ring (bicyclic) bond motifs is 14. The fourth-order valence-electron chi connectivity index (χ4n) is 10.1. The van der Waals surface area contributed by atoms with Crippen LogP contribution in [0.2, 0.25) is 0 Å². The van der Waals surface area contributed by atoms with Crippen LogP contribution in [0.15, 0.2) is 164 Å². The van der Waals surface area contributed by atoms with Crippen molar-refractivity contribution in [3.8, 4) is 39.1 Å². The van der Waals surface area contributed by atoms with Crippen LogP contribution in [0.1, 0.15) is 43.0 Å². The van der Waals surface area contributed by atoms with Gasteiger partial charge in [0.25, 0.3) is 0 Å². The van der Waals surface area contributed by atoms with E-state index in [4.69, 9.17) is 0 Å². The van der Waals surface area contributed by atoms with E-state index in [-0.39, 0.29) is 11.5 Å². The largest absolute Gasteiger partial charge is 0.333 e. The van der Waals surface area contributed by atoms with Gasteiger partial charge in [0, 0.05) is 43.6 Å². The smallest absolute Gasteiger partial charge is 0.0619 e. The second kappa shape index (κ2) is 10.4. The quantitative estimate of drug-likeness (QED) is 0.172. The van der Waals surface area contributed by atoms with Crippen LogP contribution in [0.25, 0.3) is 88.3 Å². The SMILES string of the molecule is CC1(C)c2ccccc2-c2ccc(C3=CCC(n4c5ccccc5c5cc6c(cc54)-c4ccccc4-c4cccc5c7ccccc7n-6c45)C=C3)cc21. The molecule has 9 aromatic rings. The fourth-order valence-corrected chi connectivity index (χ4v) is 10.1. The van der Waals surface area contributed by atoms with Crippen molar-refractivity contribution in [3.05, 3.63) is 181 Å². The first-order valence-electron chi connectivity index (χ1n) is 18.9. The van der Waals surface area contributed by atoms with E-state index in [2.05, 4.69) is 187 Å². The van der Waals surface area contributed by atoms with E-state index in [1.165, 1.54) is 105 Å². The Morgan fingerprint density at radius 3 is 1.98 bits per heavy atom. The highest BCUT2D eigenvalue weighted by atomic mass is 15.0. The summed E-state index contributed by atoms with van der Waals surface area (Å²) in [7, 11) is 0. The maximum atomic E-state index is 2.60. The number of allylic oxidation sites excluding steroid dienone is 4. The molecule has 7 aromatic carbocycles. The molecule has 2 heteroatoms. The lowest BCUT2D eigenvalue weighted by Gasteiger charge is -2.23. The highest BCUT2D eigenvalue weighted by Gasteiger charge is 2.35. The predicted molar refractivity (Wildman–Crippen MR) is 223 cm³/mol. The van der Waals surface area contributed by atoms with Crippen molar-refractivity contribution < 1.29 is 0 Å². The summed E-state index contributed by atoms with van der Waals surface area (Å²) in [5, 5.41) is 5.19. The Labute approximate surface area is 308 Å². The van der Waals surface area contributed by atoms with Crippen molar-refractivity contribution >= 4 is 49.2 Å². The number of rotatable bonds is 2. The summed E-state index contributed by atoms with van der Waals surface area (Å²) in [6.45, 7) is 4.73. The zero-order valence-corrected chi connectivity index (χ0v) is 29.8. The van der Waals surface area contributed by atoms with Crippen LogP contribution < -0.4 is 0 Å². The third kappa shape index (κ3) is 3.83. The van der Waals surface area contributed by atoms with Crippen LogP contribution in [0, 0.1) is 0 Å². The van der Waals surface area contributed by atoms with Gasteiger partial charge in [0.05, 0.1) is 28.3 Å². The van der Waals surface area contributed by atoms with Crippen LogP contribution in [-0.4, -0.2) is 9.13 Å². The van der Waals surface area contributed by atoms with Crippen LogP contribution in [0.4, 0.5) is 0 Å². The highest BCUT2D eigenvalue weighted by Crippen LogP contribution is 2.51. The minimum atomic E-state index is -0.0108. The highest BCUT2D eigenvalue weighted by molar-refractivity contribution is 6.18. The average Bonchev–Trinajstić information content (AvgIpc) is 3.77. The zero-order chi connectivity index (χ0) is 35.0. The van der Waals surface area contributed by atoms with E-state index in [0.29, 0.717) is 0 Å². The molecular formula is C51H36N2. The molecule has 1 aliphatic heterocycles. The molecule has 2 aromatic heterocycles. The monoisotopic (exact) mass is 676 g/mol. The van der Waals surface area contributed by atoms with Gasteiger partial charge in [-0.15, -0.1) is 0 Å². The molecule has 250 valence electrons. The first-order chi connectivity index (χ1) is 26.1. The van der Waals surface area contributed by atoms with Gasteiger partial charge >= 0.3 is 0 Å². The summed E-state index contributed by atoms with van der Waals surface area (Å²) in [5.41, 5.74) is 19.6. The molecule has 1 unspecified atom stereocenters. The van der Waals surface area contributed by atoms with Gasteiger partial charge in [-0.05, 0) is 81.3 Å². The van der Waals surface area contributed by atoms with Crippen molar-refractivity contribution in [2.24, 2.45) is 0 Å². The first-order valence-corrected chi connectivity index (χ1v) is 18.9. The fraction of sp³-hybridized carbons (Fsp3) is 0.0980. The lowest BCUT2D eigenvalue weighted by atomic mass is 9.81. The number of hydrogen-bond acceptors (Lipinski definition) is 0. The van der Waals surface area contributed by atoms with E-state index in [1.807, 2.05) is 0 Å². The summed E-state index contributed by atoms with van der Waals surface area (Å²) in [4.78, 5) is 0. The maximum absolute atomic E-state index is 2.60. The topological polar surface area (TPSA) is 9.86 Å². The van der Waals surface area contributed by atoms with E-state index in [1.54, 1.807) is 0 Å². The molecule has 0 spiro atoms. The van der Waals surface area contributed by atoms with E-state index in [0.717, 1.165) is 6.42 Å². The Bertz CT molecular complexity index is 3120. The van der Waals surface area contributed by atoms with Gasteiger partial charge in [0.15, 0.2) is 0 Å². The minimum Gasteiger partial charge on any atom is -0.333 e. The van der Waals surface area contributed by atoms with Gasteiger partial charge in [-0.2, -0.15) is 0 Å². The van der Waals surface area contributed by atoms with E-state index >= 15 is 0 Å². The molecular weight excluding hydrogens is 641 g/mol. The molecule has 3 aliphatic rings. The van der Waals surface area contributed by atoms with Crippen molar-refractivity contribution in [1.29, 1.82) is 0 Å². The van der Waals surface area contributed by atoms with Gasteiger partial charge in [0.1, 0.15) is 0 Å². The van der Waals surface area contributed by atoms with Gasteiger partial charge in [-0.3, -0.25) is 0 Å². The second-order valence-corrected chi connectivity index (χ2v) is 15.6. The Hall–Kier alpha value is -6.38. The summed E-state index contributed by atoms with van der Waals surface area (Å²) in [5.74, 6) is 0. The number of nitrogens with zero attached hydrogens (tertiary/aromatic N) is 2. The molecule has 1 atom stereocenters. The number of benzene rings is 7. The Morgan fingerprint density at radius 1 is 0.509 bits per heavy atom.